The second kappa shape index (κ2) is 5.91. The van der Waals surface area contributed by atoms with Gasteiger partial charge in [0, 0.05) is 18.6 Å². The van der Waals surface area contributed by atoms with Crippen LogP contribution in [0, 0.1) is 5.92 Å². The summed E-state index contributed by atoms with van der Waals surface area (Å²) in [6.45, 7) is 6.67. The van der Waals surface area contributed by atoms with Crippen LogP contribution in [0.3, 0.4) is 0 Å². The summed E-state index contributed by atoms with van der Waals surface area (Å²) in [4.78, 5) is 0. The summed E-state index contributed by atoms with van der Waals surface area (Å²) in [6.07, 6.45) is 2.48. The molecule has 0 amide bonds. The molecule has 0 radical (unpaired) electrons. The quantitative estimate of drug-likeness (QED) is 0.812. The molecule has 1 unspecified atom stereocenters. The lowest BCUT2D eigenvalue weighted by Gasteiger charge is -2.16. The smallest absolute Gasteiger partial charge is 0.250 e. The van der Waals surface area contributed by atoms with E-state index in [1.165, 1.54) is 24.2 Å². The molecule has 1 aromatic rings. The molecule has 108 valence electrons. The number of hydrogen-bond acceptors (Lipinski definition) is 4. The van der Waals surface area contributed by atoms with Crippen LogP contribution in [-0.4, -0.2) is 20.5 Å². The predicted octanol–water partition coefficient (Wildman–Crippen LogP) is 2.32. The standard InChI is InChI=1S/C13H22N2O2S2/c1-9(2)10(3)15-19(16,17)13-6-11(8-18-13)7-14-12-4-5-12/h6,8-10,12,14-15H,4-5,7H2,1-3H3. The Labute approximate surface area is 119 Å². The van der Waals surface area contributed by atoms with Crippen molar-refractivity contribution in [2.75, 3.05) is 0 Å². The highest BCUT2D eigenvalue weighted by Gasteiger charge is 2.23. The Morgan fingerprint density at radius 3 is 2.63 bits per heavy atom. The molecule has 0 spiro atoms. The van der Waals surface area contributed by atoms with E-state index in [0.29, 0.717) is 10.3 Å². The average Bonchev–Trinajstić information content (AvgIpc) is 3.02. The Morgan fingerprint density at radius 1 is 1.37 bits per heavy atom. The number of rotatable bonds is 7. The molecular formula is C13H22N2O2S2. The highest BCUT2D eigenvalue weighted by molar-refractivity contribution is 7.91. The molecule has 1 aromatic heterocycles. The Hall–Kier alpha value is -0.430. The third-order valence-corrected chi connectivity index (χ3v) is 6.46. The fourth-order valence-corrected chi connectivity index (χ4v) is 4.19. The first-order valence-electron chi connectivity index (χ1n) is 6.71. The molecule has 0 bridgehead atoms. The third kappa shape index (κ3) is 4.27. The molecule has 1 aliphatic rings. The van der Waals surface area contributed by atoms with E-state index in [2.05, 4.69) is 10.0 Å². The van der Waals surface area contributed by atoms with Crippen LogP contribution in [0.25, 0.3) is 0 Å². The summed E-state index contributed by atoms with van der Waals surface area (Å²) < 4.78 is 27.5. The van der Waals surface area contributed by atoms with Crippen LogP contribution in [0.5, 0.6) is 0 Å². The average molecular weight is 302 g/mol. The van der Waals surface area contributed by atoms with Gasteiger partial charge in [-0.1, -0.05) is 13.8 Å². The molecule has 0 aromatic carbocycles. The molecule has 1 saturated carbocycles. The second-order valence-corrected chi connectivity index (χ2v) is 8.44. The zero-order valence-corrected chi connectivity index (χ0v) is 13.3. The molecule has 19 heavy (non-hydrogen) atoms. The molecule has 4 nitrogen and oxygen atoms in total. The summed E-state index contributed by atoms with van der Waals surface area (Å²) in [5, 5.41) is 5.31. The molecule has 2 rings (SSSR count). The van der Waals surface area contributed by atoms with Crippen molar-refractivity contribution in [3.63, 3.8) is 0 Å². The van der Waals surface area contributed by atoms with Crippen LogP contribution in [0.2, 0.25) is 0 Å². The predicted molar refractivity (Wildman–Crippen MR) is 78.8 cm³/mol. The van der Waals surface area contributed by atoms with Crippen molar-refractivity contribution in [3.05, 3.63) is 17.0 Å². The lowest BCUT2D eigenvalue weighted by Crippen LogP contribution is -2.35. The van der Waals surface area contributed by atoms with Crippen LogP contribution in [-0.2, 0) is 16.6 Å². The van der Waals surface area contributed by atoms with E-state index < -0.39 is 10.0 Å². The molecule has 1 aliphatic carbocycles. The van der Waals surface area contributed by atoms with Gasteiger partial charge in [0.1, 0.15) is 4.21 Å². The maximum atomic E-state index is 12.2. The third-order valence-electron chi connectivity index (χ3n) is 3.41. The molecule has 1 heterocycles. The van der Waals surface area contributed by atoms with Crippen LogP contribution in [0.4, 0.5) is 0 Å². The van der Waals surface area contributed by atoms with Crippen molar-refractivity contribution >= 4 is 21.4 Å². The minimum absolute atomic E-state index is 0.0554. The zero-order valence-electron chi connectivity index (χ0n) is 11.6. The van der Waals surface area contributed by atoms with E-state index in [0.717, 1.165) is 12.1 Å². The van der Waals surface area contributed by atoms with Crippen molar-refractivity contribution in [1.29, 1.82) is 0 Å². The van der Waals surface area contributed by atoms with Gasteiger partial charge in [-0.05, 0) is 42.7 Å². The molecule has 1 atom stereocenters. The van der Waals surface area contributed by atoms with Crippen molar-refractivity contribution in [1.82, 2.24) is 10.0 Å². The van der Waals surface area contributed by atoms with E-state index >= 15 is 0 Å². The summed E-state index contributed by atoms with van der Waals surface area (Å²) in [6, 6.07) is 2.36. The Bertz CT molecular complexity index is 519. The minimum atomic E-state index is -3.37. The molecule has 2 N–H and O–H groups in total. The van der Waals surface area contributed by atoms with Gasteiger partial charge >= 0.3 is 0 Å². The van der Waals surface area contributed by atoms with E-state index in [1.54, 1.807) is 6.07 Å². The number of thiophene rings is 1. The Kier molecular flexibility index (Phi) is 4.66. The number of sulfonamides is 1. The summed E-state index contributed by atoms with van der Waals surface area (Å²) in [7, 11) is -3.37. The topological polar surface area (TPSA) is 58.2 Å². The Balaban J connectivity index is 1.99. The van der Waals surface area contributed by atoms with E-state index in [9.17, 15) is 8.42 Å². The lowest BCUT2D eigenvalue weighted by molar-refractivity contribution is 0.477. The lowest BCUT2D eigenvalue weighted by atomic mass is 10.1. The van der Waals surface area contributed by atoms with Crippen molar-refractivity contribution in [2.24, 2.45) is 5.92 Å². The van der Waals surface area contributed by atoms with Crippen molar-refractivity contribution < 1.29 is 8.42 Å². The van der Waals surface area contributed by atoms with E-state index in [4.69, 9.17) is 0 Å². The van der Waals surface area contributed by atoms with Crippen LogP contribution >= 0.6 is 11.3 Å². The fourth-order valence-electron chi connectivity index (χ4n) is 1.58. The first-order valence-corrected chi connectivity index (χ1v) is 9.08. The van der Waals surface area contributed by atoms with Gasteiger partial charge in [0.25, 0.3) is 0 Å². The van der Waals surface area contributed by atoms with Gasteiger partial charge in [0.2, 0.25) is 10.0 Å². The largest absolute Gasteiger partial charge is 0.310 e. The van der Waals surface area contributed by atoms with E-state index in [-0.39, 0.29) is 12.0 Å². The molecule has 0 saturated heterocycles. The summed E-state index contributed by atoms with van der Waals surface area (Å²) >= 11 is 1.29. The van der Waals surface area contributed by atoms with Crippen molar-refractivity contribution in [3.8, 4) is 0 Å². The normalized spacial score (nSPS) is 17.9. The SMILES string of the molecule is CC(C)C(C)NS(=O)(=O)c1cc(CNC2CC2)cs1. The van der Waals surface area contributed by atoms with Gasteiger partial charge in [0.05, 0.1) is 0 Å². The molecular weight excluding hydrogens is 280 g/mol. The van der Waals surface area contributed by atoms with Crippen LogP contribution < -0.4 is 10.0 Å². The fraction of sp³-hybridized carbons (Fsp3) is 0.692. The highest BCUT2D eigenvalue weighted by Crippen LogP contribution is 2.23. The van der Waals surface area contributed by atoms with Gasteiger partial charge in [-0.3, -0.25) is 0 Å². The molecule has 0 aliphatic heterocycles. The van der Waals surface area contributed by atoms with Crippen LogP contribution in [0.1, 0.15) is 39.2 Å². The van der Waals surface area contributed by atoms with E-state index in [1.807, 2.05) is 26.2 Å². The monoisotopic (exact) mass is 302 g/mol. The number of nitrogens with one attached hydrogen (secondary N) is 2. The van der Waals surface area contributed by atoms with Gasteiger partial charge in [0.15, 0.2) is 0 Å². The second-order valence-electron chi connectivity index (χ2n) is 5.58. The molecule has 6 heteroatoms. The zero-order chi connectivity index (χ0) is 14.0. The van der Waals surface area contributed by atoms with Crippen LogP contribution in [0.15, 0.2) is 15.7 Å². The number of hydrogen-bond donors (Lipinski definition) is 2. The van der Waals surface area contributed by atoms with Crippen molar-refractivity contribution in [2.45, 2.75) is 56.5 Å². The van der Waals surface area contributed by atoms with Gasteiger partial charge in [-0.25, -0.2) is 13.1 Å². The maximum Gasteiger partial charge on any atom is 0.250 e. The maximum absolute atomic E-state index is 12.2. The first-order chi connectivity index (χ1) is 8.88. The van der Waals surface area contributed by atoms with Gasteiger partial charge in [-0.15, -0.1) is 11.3 Å². The minimum Gasteiger partial charge on any atom is -0.310 e. The summed E-state index contributed by atoms with van der Waals surface area (Å²) in [5.41, 5.74) is 1.05. The summed E-state index contributed by atoms with van der Waals surface area (Å²) in [5.74, 6) is 0.283. The van der Waals surface area contributed by atoms with Gasteiger partial charge in [-0.2, -0.15) is 0 Å². The highest BCUT2D eigenvalue weighted by atomic mass is 32.2. The first kappa shape index (κ1) is 15.0. The Morgan fingerprint density at radius 2 is 2.05 bits per heavy atom. The van der Waals surface area contributed by atoms with Gasteiger partial charge < -0.3 is 5.32 Å². The molecule has 1 fully saturated rings.